The van der Waals surface area contributed by atoms with Crippen LogP contribution in [-0.2, 0) is 5.41 Å². The molecule has 1 nitrogen and oxygen atoms in total. The van der Waals surface area contributed by atoms with Crippen molar-refractivity contribution in [3.05, 3.63) is 175 Å². The van der Waals surface area contributed by atoms with Gasteiger partial charge < -0.3 is 0 Å². The van der Waals surface area contributed by atoms with E-state index in [4.69, 9.17) is 0 Å². The van der Waals surface area contributed by atoms with Crippen LogP contribution in [0.25, 0.3) is 63.1 Å². The van der Waals surface area contributed by atoms with Gasteiger partial charge in [-0.1, -0.05) is 0 Å². The molecule has 1 heterocycles. The van der Waals surface area contributed by atoms with Crippen LogP contribution in [-0.4, -0.2) is 14.5 Å². The van der Waals surface area contributed by atoms with Crippen molar-refractivity contribution in [2.24, 2.45) is 0 Å². The molecule has 0 spiro atoms. The number of rotatable bonds is 4. The normalized spacial score (nSPS) is 13.3. The van der Waals surface area contributed by atoms with Crippen LogP contribution in [0.1, 0.15) is 25.0 Å². The molecular formula is C47H33NSe. The number of hydrogen-bond acceptors (Lipinski definition) is 1. The summed E-state index contributed by atoms with van der Waals surface area (Å²) >= 11 is 0.189. The Kier molecular flexibility index (Phi) is 6.31. The molecular weight excluding hydrogens is 657 g/mol. The van der Waals surface area contributed by atoms with Crippen LogP contribution >= 0.6 is 0 Å². The molecule has 0 unspecified atom stereocenters. The molecule has 0 fully saturated rings. The summed E-state index contributed by atoms with van der Waals surface area (Å²) in [5, 5.41) is 8.07. The predicted molar refractivity (Wildman–Crippen MR) is 211 cm³/mol. The van der Waals surface area contributed by atoms with Crippen molar-refractivity contribution in [1.82, 2.24) is 0 Å². The van der Waals surface area contributed by atoms with Crippen molar-refractivity contribution in [3.63, 3.8) is 0 Å². The van der Waals surface area contributed by atoms with Gasteiger partial charge in [-0.2, -0.15) is 0 Å². The minimum atomic E-state index is -0.0925. The van der Waals surface area contributed by atoms with E-state index in [1.165, 1.54) is 85.6 Å². The topological polar surface area (TPSA) is 3.24 Å². The zero-order valence-electron chi connectivity index (χ0n) is 27.4. The SMILES string of the molecule is CC1(C)c2ccccc2-c2ccc(N(c3ccc(-c4ccccc4)cc3)c3cc4ccc5ccccc5c4c4[se]c5ccccc5c34)cc21. The van der Waals surface area contributed by atoms with Crippen molar-refractivity contribution in [2.45, 2.75) is 19.3 Å². The third kappa shape index (κ3) is 4.31. The number of hydrogen-bond donors (Lipinski definition) is 0. The molecule has 0 N–H and O–H groups in total. The van der Waals surface area contributed by atoms with Crippen molar-refractivity contribution >= 4 is 72.4 Å². The van der Waals surface area contributed by atoms with Gasteiger partial charge in [-0.05, 0) is 0 Å². The van der Waals surface area contributed by atoms with Crippen molar-refractivity contribution in [3.8, 4) is 22.3 Å². The number of benzene rings is 8. The monoisotopic (exact) mass is 691 g/mol. The molecule has 0 radical (unpaired) electrons. The van der Waals surface area contributed by atoms with Gasteiger partial charge in [0.05, 0.1) is 0 Å². The average molecular weight is 691 g/mol. The Morgan fingerprint density at radius 3 is 1.98 bits per heavy atom. The molecule has 0 aliphatic heterocycles. The Bertz CT molecular complexity index is 2730. The summed E-state index contributed by atoms with van der Waals surface area (Å²) < 4.78 is 2.94. The summed E-state index contributed by atoms with van der Waals surface area (Å²) in [7, 11) is 0. The van der Waals surface area contributed by atoms with Crippen LogP contribution in [0.15, 0.2) is 164 Å². The minimum absolute atomic E-state index is 0.0925. The third-order valence-electron chi connectivity index (χ3n) is 10.6. The van der Waals surface area contributed by atoms with Crippen LogP contribution in [0.4, 0.5) is 17.1 Å². The first-order chi connectivity index (χ1) is 24.1. The number of fused-ring (bicyclic) bond motifs is 10. The van der Waals surface area contributed by atoms with E-state index in [-0.39, 0.29) is 19.9 Å². The second-order valence-electron chi connectivity index (χ2n) is 13.7. The van der Waals surface area contributed by atoms with E-state index in [1.54, 1.807) is 0 Å². The summed E-state index contributed by atoms with van der Waals surface area (Å²) in [6, 6.07) is 61.0. The average Bonchev–Trinajstić information content (AvgIpc) is 3.65. The fourth-order valence-corrected chi connectivity index (χ4v) is 10.9. The Labute approximate surface area is 292 Å². The van der Waals surface area contributed by atoms with Gasteiger partial charge in [0.25, 0.3) is 0 Å². The Hall–Kier alpha value is -5.40. The molecule has 232 valence electrons. The van der Waals surface area contributed by atoms with Gasteiger partial charge in [0.1, 0.15) is 0 Å². The van der Waals surface area contributed by atoms with Crippen LogP contribution in [0.5, 0.6) is 0 Å². The molecule has 2 heteroatoms. The summed E-state index contributed by atoms with van der Waals surface area (Å²) in [6.07, 6.45) is 0. The van der Waals surface area contributed by atoms with E-state index in [9.17, 15) is 0 Å². The summed E-state index contributed by atoms with van der Waals surface area (Å²) in [5.74, 6) is 0. The standard InChI is InChI=1S/C47H33NSe/c1-47(2)40-18-10-8-16-37(40)38-27-26-35(29-41(38)47)48(34-24-22-31(23-25-34)30-12-4-3-5-13-30)42-28-33-21-20-32-14-6-7-15-36(32)44(33)46-45(42)39-17-9-11-19-43(39)49-46/h3-29H,1-2H3. The van der Waals surface area contributed by atoms with Crippen LogP contribution in [0.2, 0.25) is 0 Å². The Balaban J connectivity index is 1.28. The zero-order chi connectivity index (χ0) is 32.7. The van der Waals surface area contributed by atoms with E-state index >= 15 is 0 Å². The van der Waals surface area contributed by atoms with Crippen molar-refractivity contribution < 1.29 is 0 Å². The maximum atomic E-state index is 2.53. The van der Waals surface area contributed by atoms with Crippen LogP contribution < -0.4 is 4.90 Å². The molecule has 49 heavy (non-hydrogen) atoms. The second-order valence-corrected chi connectivity index (χ2v) is 15.9. The van der Waals surface area contributed by atoms with Gasteiger partial charge in [-0.25, -0.2) is 0 Å². The predicted octanol–water partition coefficient (Wildman–Crippen LogP) is 12.8. The van der Waals surface area contributed by atoms with Gasteiger partial charge in [-0.15, -0.1) is 0 Å². The molecule has 10 rings (SSSR count). The third-order valence-corrected chi connectivity index (χ3v) is 13.1. The van der Waals surface area contributed by atoms with Crippen LogP contribution in [0, 0.1) is 0 Å². The van der Waals surface area contributed by atoms with Crippen molar-refractivity contribution in [1.29, 1.82) is 0 Å². The molecule has 1 aliphatic rings. The molecule has 9 aromatic rings. The number of anilines is 3. The molecule has 1 aliphatic carbocycles. The quantitative estimate of drug-likeness (QED) is 0.131. The van der Waals surface area contributed by atoms with E-state index in [1.807, 2.05) is 0 Å². The van der Waals surface area contributed by atoms with Gasteiger partial charge in [0.2, 0.25) is 0 Å². The van der Waals surface area contributed by atoms with E-state index < -0.39 is 0 Å². The first-order valence-electron chi connectivity index (χ1n) is 17.0. The molecule has 1 aromatic heterocycles. The first-order valence-corrected chi connectivity index (χ1v) is 18.7. The van der Waals surface area contributed by atoms with Gasteiger partial charge in [-0.3, -0.25) is 0 Å². The van der Waals surface area contributed by atoms with Crippen molar-refractivity contribution in [2.75, 3.05) is 4.90 Å². The number of nitrogens with zero attached hydrogens (tertiary/aromatic N) is 1. The van der Waals surface area contributed by atoms with E-state index in [2.05, 4.69) is 183 Å². The van der Waals surface area contributed by atoms with Gasteiger partial charge in [0.15, 0.2) is 0 Å². The maximum absolute atomic E-state index is 2.53. The summed E-state index contributed by atoms with van der Waals surface area (Å²) in [4.78, 5) is 2.53. The molecule has 0 atom stereocenters. The molecule has 8 aromatic carbocycles. The molecule has 0 amide bonds. The zero-order valence-corrected chi connectivity index (χ0v) is 29.2. The second kappa shape index (κ2) is 10.8. The van der Waals surface area contributed by atoms with Gasteiger partial charge >= 0.3 is 294 Å². The van der Waals surface area contributed by atoms with E-state index in [0.29, 0.717) is 0 Å². The Morgan fingerprint density at radius 2 is 1.12 bits per heavy atom. The summed E-state index contributed by atoms with van der Waals surface area (Å²) in [5.41, 5.74) is 11.4. The first kappa shape index (κ1) is 28.6. The fraction of sp³-hybridized carbons (Fsp3) is 0.0638. The molecule has 0 saturated carbocycles. The molecule has 0 saturated heterocycles. The fourth-order valence-electron chi connectivity index (χ4n) is 8.23. The summed E-state index contributed by atoms with van der Waals surface area (Å²) in [6.45, 7) is 4.75. The molecule has 0 bridgehead atoms. The van der Waals surface area contributed by atoms with Crippen LogP contribution in [0.3, 0.4) is 0 Å². The Morgan fingerprint density at radius 1 is 0.469 bits per heavy atom. The van der Waals surface area contributed by atoms with E-state index in [0.717, 1.165) is 5.69 Å². The van der Waals surface area contributed by atoms with Gasteiger partial charge in [0, 0.05) is 0 Å².